The number of benzene rings is 1. The zero-order valence-corrected chi connectivity index (χ0v) is 16.1. The van der Waals surface area contributed by atoms with Crippen molar-refractivity contribution in [1.82, 2.24) is 14.4 Å². The van der Waals surface area contributed by atoms with Crippen molar-refractivity contribution in [3.63, 3.8) is 0 Å². The van der Waals surface area contributed by atoms with Gasteiger partial charge in [-0.2, -0.15) is 0 Å². The fourth-order valence-electron chi connectivity index (χ4n) is 3.16. The number of rotatable bonds is 4. The summed E-state index contributed by atoms with van der Waals surface area (Å²) in [6, 6.07) is 8.36. The van der Waals surface area contributed by atoms with Crippen molar-refractivity contribution in [3.05, 3.63) is 69.1 Å². The van der Waals surface area contributed by atoms with Gasteiger partial charge in [-0.15, -0.1) is 0 Å². The highest BCUT2D eigenvalue weighted by Crippen LogP contribution is 2.20. The van der Waals surface area contributed by atoms with E-state index in [4.69, 9.17) is 11.6 Å². The maximum Gasteiger partial charge on any atom is 0.253 e. The summed E-state index contributed by atoms with van der Waals surface area (Å²) in [5.41, 5.74) is 0.706. The van der Waals surface area contributed by atoms with E-state index >= 15 is 0 Å². The second-order valence-corrected chi connectivity index (χ2v) is 7.29. The van der Waals surface area contributed by atoms with Crippen LogP contribution in [0.1, 0.15) is 22.0 Å². The van der Waals surface area contributed by atoms with E-state index in [2.05, 4.69) is 4.90 Å². The lowest BCUT2D eigenvalue weighted by Crippen LogP contribution is -2.51. The van der Waals surface area contributed by atoms with Gasteiger partial charge in [0, 0.05) is 49.0 Å². The van der Waals surface area contributed by atoms with Gasteiger partial charge >= 0.3 is 0 Å². The zero-order valence-electron chi connectivity index (χ0n) is 15.4. The van der Waals surface area contributed by atoms with Gasteiger partial charge in [-0.05, 0) is 37.7 Å². The van der Waals surface area contributed by atoms with Crippen molar-refractivity contribution < 1.29 is 9.59 Å². The number of ketones is 1. The van der Waals surface area contributed by atoms with Crippen LogP contribution in [-0.4, -0.2) is 59.3 Å². The number of Topliss-reactive ketones (excluding diaryl/α,β-unsaturated/α-hetero) is 1. The minimum Gasteiger partial charge on any atom is -0.338 e. The number of halogens is 1. The van der Waals surface area contributed by atoms with Crippen LogP contribution < -0.4 is 5.56 Å². The van der Waals surface area contributed by atoms with Crippen LogP contribution in [0.4, 0.5) is 0 Å². The molecule has 0 unspecified atom stereocenters. The highest BCUT2D eigenvalue weighted by atomic mass is 35.5. The molecule has 0 N–H and O–H groups in total. The Morgan fingerprint density at radius 1 is 1.07 bits per heavy atom. The molecule has 2 aromatic rings. The van der Waals surface area contributed by atoms with E-state index in [-0.39, 0.29) is 11.5 Å². The van der Waals surface area contributed by atoms with Crippen LogP contribution in [0.5, 0.6) is 0 Å². The summed E-state index contributed by atoms with van der Waals surface area (Å²) >= 11 is 6.01. The number of aryl methyl sites for hydroxylation is 1. The fourth-order valence-corrected chi connectivity index (χ4v) is 3.35. The first kappa shape index (κ1) is 19.3. The van der Waals surface area contributed by atoms with Gasteiger partial charge < -0.3 is 9.80 Å². The van der Waals surface area contributed by atoms with Crippen LogP contribution in [0.3, 0.4) is 0 Å². The number of hydrogen-bond acceptors (Lipinski definition) is 4. The van der Waals surface area contributed by atoms with E-state index in [1.54, 1.807) is 36.1 Å². The molecule has 7 heteroatoms. The Bertz CT molecular complexity index is 917. The molecule has 0 spiro atoms. The van der Waals surface area contributed by atoms with E-state index in [1.807, 2.05) is 7.05 Å². The molecule has 0 bridgehead atoms. The van der Waals surface area contributed by atoms with Crippen molar-refractivity contribution in [2.45, 2.75) is 13.0 Å². The van der Waals surface area contributed by atoms with Gasteiger partial charge in [-0.25, -0.2) is 0 Å². The van der Waals surface area contributed by atoms with Crippen molar-refractivity contribution in [2.24, 2.45) is 0 Å². The van der Waals surface area contributed by atoms with Gasteiger partial charge in [0.2, 0.25) is 0 Å². The summed E-state index contributed by atoms with van der Waals surface area (Å²) < 4.78 is 1.22. The molecule has 142 valence electrons. The normalized spacial score (nSPS) is 16.2. The van der Waals surface area contributed by atoms with Crippen LogP contribution in [0, 0.1) is 6.92 Å². The Labute approximate surface area is 163 Å². The monoisotopic (exact) mass is 387 g/mol. The molecular formula is C20H22ClN3O3. The molecule has 1 aliphatic heterocycles. The molecule has 27 heavy (non-hydrogen) atoms. The molecule has 1 atom stereocenters. The molecule has 0 radical (unpaired) electrons. The smallest absolute Gasteiger partial charge is 0.253 e. The zero-order chi connectivity index (χ0) is 19.6. The number of piperazine rings is 1. The summed E-state index contributed by atoms with van der Waals surface area (Å²) in [6.07, 6.45) is 1.51. The maximum atomic E-state index is 13.2. The molecule has 1 amide bonds. The van der Waals surface area contributed by atoms with Gasteiger partial charge in [0.25, 0.3) is 11.5 Å². The van der Waals surface area contributed by atoms with Crippen molar-refractivity contribution in [3.8, 4) is 0 Å². The molecule has 1 fully saturated rings. The van der Waals surface area contributed by atoms with Crippen LogP contribution in [0.2, 0.25) is 5.02 Å². The van der Waals surface area contributed by atoms with E-state index in [0.717, 1.165) is 18.7 Å². The topological polar surface area (TPSA) is 62.6 Å². The summed E-state index contributed by atoms with van der Waals surface area (Å²) in [5, 5.41) is 0.405. The second kappa shape index (κ2) is 8.06. The van der Waals surface area contributed by atoms with E-state index < -0.39 is 11.8 Å². The number of aromatic nitrogens is 1. The molecule has 2 heterocycles. The predicted octanol–water partition coefficient (Wildman–Crippen LogP) is 2.01. The summed E-state index contributed by atoms with van der Waals surface area (Å²) in [6.45, 7) is 4.30. The molecular weight excluding hydrogens is 366 g/mol. The molecule has 1 aliphatic rings. The first-order chi connectivity index (χ1) is 12.9. The number of likely N-dealkylation sites (N-methyl/N-ethyl adjacent to an activating group) is 1. The molecule has 1 aromatic heterocycles. The quantitative estimate of drug-likeness (QED) is 0.594. The number of carbonyl (C=O) groups excluding carboxylic acids is 2. The van der Waals surface area contributed by atoms with E-state index in [1.165, 1.54) is 22.9 Å². The lowest BCUT2D eigenvalue weighted by atomic mass is 10.0. The summed E-state index contributed by atoms with van der Waals surface area (Å²) in [4.78, 5) is 42.7. The van der Waals surface area contributed by atoms with Crippen molar-refractivity contribution in [1.29, 1.82) is 0 Å². The molecule has 3 rings (SSSR count). The Balaban J connectivity index is 2.02. The molecule has 1 saturated heterocycles. The van der Waals surface area contributed by atoms with Gasteiger partial charge in [0.05, 0.1) is 0 Å². The SMILES string of the molecule is Cc1ccn([C@@H](C(=O)c2cccc(Cl)c2)C(=O)N2CCN(C)CC2)c(=O)c1. The molecule has 1 aromatic carbocycles. The standard InChI is InChI=1S/C20H22ClN3O3/c1-14-6-7-24(17(25)12-14)18(19(26)15-4-3-5-16(21)13-15)20(27)23-10-8-22(2)9-11-23/h3-7,12-13,18H,8-11H2,1-2H3/t18-/m0/s1. The Morgan fingerprint density at radius 3 is 2.41 bits per heavy atom. The van der Waals surface area contributed by atoms with Gasteiger partial charge in [0.15, 0.2) is 11.8 Å². The Morgan fingerprint density at radius 2 is 1.78 bits per heavy atom. The Hall–Kier alpha value is -2.44. The van der Waals surface area contributed by atoms with E-state index in [0.29, 0.717) is 23.7 Å². The average Bonchev–Trinajstić information content (AvgIpc) is 2.64. The third kappa shape index (κ3) is 4.28. The number of carbonyl (C=O) groups is 2. The van der Waals surface area contributed by atoms with E-state index in [9.17, 15) is 14.4 Å². The number of hydrogen-bond donors (Lipinski definition) is 0. The molecule has 6 nitrogen and oxygen atoms in total. The first-order valence-corrected chi connectivity index (χ1v) is 9.20. The van der Waals surface area contributed by atoms with Crippen LogP contribution >= 0.6 is 11.6 Å². The largest absolute Gasteiger partial charge is 0.338 e. The van der Waals surface area contributed by atoms with Gasteiger partial charge in [0.1, 0.15) is 0 Å². The summed E-state index contributed by atoms with van der Waals surface area (Å²) in [5.74, 6) is -0.800. The second-order valence-electron chi connectivity index (χ2n) is 6.86. The number of pyridine rings is 1. The predicted molar refractivity (Wildman–Crippen MR) is 104 cm³/mol. The first-order valence-electron chi connectivity index (χ1n) is 8.83. The summed E-state index contributed by atoms with van der Waals surface area (Å²) in [7, 11) is 1.99. The minimum absolute atomic E-state index is 0.308. The van der Waals surface area contributed by atoms with Crippen molar-refractivity contribution in [2.75, 3.05) is 33.2 Å². The van der Waals surface area contributed by atoms with Crippen LogP contribution in [0.15, 0.2) is 47.4 Å². The Kier molecular flexibility index (Phi) is 5.77. The highest BCUT2D eigenvalue weighted by molar-refractivity contribution is 6.31. The van der Waals surface area contributed by atoms with Crippen molar-refractivity contribution >= 4 is 23.3 Å². The fraction of sp³-hybridized carbons (Fsp3) is 0.350. The lowest BCUT2D eigenvalue weighted by molar-refractivity contribution is -0.135. The minimum atomic E-state index is -1.24. The average molecular weight is 388 g/mol. The number of nitrogens with zero attached hydrogens (tertiary/aromatic N) is 3. The highest BCUT2D eigenvalue weighted by Gasteiger charge is 2.34. The third-order valence-electron chi connectivity index (χ3n) is 4.79. The maximum absolute atomic E-state index is 13.2. The lowest BCUT2D eigenvalue weighted by Gasteiger charge is -2.34. The van der Waals surface area contributed by atoms with Gasteiger partial charge in [-0.3, -0.25) is 19.0 Å². The molecule has 0 aliphatic carbocycles. The van der Waals surface area contributed by atoms with Crippen LogP contribution in [-0.2, 0) is 4.79 Å². The third-order valence-corrected chi connectivity index (χ3v) is 5.02. The molecule has 0 saturated carbocycles. The van der Waals surface area contributed by atoms with Gasteiger partial charge in [-0.1, -0.05) is 23.7 Å². The number of amides is 1. The van der Waals surface area contributed by atoms with Crippen LogP contribution in [0.25, 0.3) is 0 Å².